The lowest BCUT2D eigenvalue weighted by Gasteiger charge is -2.15. The van der Waals surface area contributed by atoms with Crippen molar-refractivity contribution in [2.24, 2.45) is 0 Å². The molecule has 26 heavy (non-hydrogen) atoms. The molecule has 0 unspecified atom stereocenters. The highest BCUT2D eigenvalue weighted by atomic mass is 16.6. The van der Waals surface area contributed by atoms with E-state index in [2.05, 4.69) is 4.98 Å². The Bertz CT molecular complexity index is 742. The molecule has 0 aliphatic carbocycles. The minimum absolute atomic E-state index is 0.100. The van der Waals surface area contributed by atoms with Crippen LogP contribution < -0.4 is 4.74 Å². The summed E-state index contributed by atoms with van der Waals surface area (Å²) in [5.41, 5.74) is 1.83. The highest BCUT2D eigenvalue weighted by Gasteiger charge is 2.07. The first-order valence-corrected chi connectivity index (χ1v) is 8.29. The van der Waals surface area contributed by atoms with Crippen LogP contribution in [0.4, 0.5) is 0 Å². The van der Waals surface area contributed by atoms with Crippen molar-refractivity contribution in [2.45, 2.75) is 13.5 Å². The number of hydrogen-bond acceptors (Lipinski definition) is 5. The summed E-state index contributed by atoms with van der Waals surface area (Å²) in [7, 11) is 1.74. The number of esters is 1. The molecule has 1 aromatic carbocycles. The van der Waals surface area contributed by atoms with Crippen molar-refractivity contribution in [3.05, 3.63) is 66.0 Å². The van der Waals surface area contributed by atoms with Gasteiger partial charge >= 0.3 is 5.97 Å². The van der Waals surface area contributed by atoms with E-state index in [-0.39, 0.29) is 12.5 Å². The molecule has 6 heteroatoms. The molecule has 0 fully saturated rings. The SMILES string of the molecule is CCOC(=O)COc1ccc(CN(C)C(=O)/C=C/c2cccnc2)cc1. The fraction of sp³-hybridized carbons (Fsp3) is 0.250. The zero-order valence-corrected chi connectivity index (χ0v) is 14.9. The highest BCUT2D eigenvalue weighted by molar-refractivity contribution is 5.91. The van der Waals surface area contributed by atoms with E-state index in [1.165, 1.54) is 6.08 Å². The van der Waals surface area contributed by atoms with Crippen molar-refractivity contribution in [3.63, 3.8) is 0 Å². The summed E-state index contributed by atoms with van der Waals surface area (Å²) in [6, 6.07) is 10.9. The van der Waals surface area contributed by atoms with Gasteiger partial charge in [0.15, 0.2) is 6.61 Å². The van der Waals surface area contributed by atoms with Crippen molar-refractivity contribution < 1.29 is 19.1 Å². The maximum Gasteiger partial charge on any atom is 0.344 e. The van der Waals surface area contributed by atoms with Crippen LogP contribution in [0.5, 0.6) is 5.75 Å². The zero-order valence-electron chi connectivity index (χ0n) is 14.9. The first-order valence-electron chi connectivity index (χ1n) is 8.29. The number of carbonyl (C=O) groups excluding carboxylic acids is 2. The van der Waals surface area contributed by atoms with Crippen molar-refractivity contribution in [1.29, 1.82) is 0 Å². The summed E-state index contributed by atoms with van der Waals surface area (Å²) in [5.74, 6) is 0.0751. The second-order valence-corrected chi connectivity index (χ2v) is 5.55. The fourth-order valence-electron chi connectivity index (χ4n) is 2.16. The van der Waals surface area contributed by atoms with Crippen molar-refractivity contribution in [2.75, 3.05) is 20.3 Å². The summed E-state index contributed by atoms with van der Waals surface area (Å²) in [6.07, 6.45) is 6.64. The van der Waals surface area contributed by atoms with Crippen LogP contribution in [-0.2, 0) is 20.9 Å². The van der Waals surface area contributed by atoms with Gasteiger partial charge < -0.3 is 14.4 Å². The fourth-order valence-corrected chi connectivity index (χ4v) is 2.16. The van der Waals surface area contributed by atoms with E-state index in [1.54, 1.807) is 49.5 Å². The lowest BCUT2D eigenvalue weighted by atomic mass is 10.2. The topological polar surface area (TPSA) is 68.7 Å². The van der Waals surface area contributed by atoms with Crippen LogP contribution in [0.1, 0.15) is 18.1 Å². The average molecular weight is 354 g/mol. The monoisotopic (exact) mass is 354 g/mol. The molecule has 2 aromatic rings. The molecule has 0 atom stereocenters. The first kappa shape index (κ1) is 19.2. The van der Waals surface area contributed by atoms with E-state index < -0.39 is 5.97 Å². The van der Waals surface area contributed by atoms with E-state index in [1.807, 2.05) is 24.3 Å². The lowest BCUT2D eigenvalue weighted by Crippen LogP contribution is -2.24. The zero-order chi connectivity index (χ0) is 18.8. The van der Waals surface area contributed by atoms with E-state index >= 15 is 0 Å². The number of hydrogen-bond donors (Lipinski definition) is 0. The van der Waals surface area contributed by atoms with Crippen LogP contribution in [0.25, 0.3) is 6.08 Å². The molecule has 136 valence electrons. The highest BCUT2D eigenvalue weighted by Crippen LogP contribution is 2.13. The average Bonchev–Trinajstić information content (AvgIpc) is 2.66. The Morgan fingerprint density at radius 1 is 1.19 bits per heavy atom. The van der Waals surface area contributed by atoms with Crippen LogP contribution in [0.3, 0.4) is 0 Å². The maximum absolute atomic E-state index is 12.2. The third-order valence-corrected chi connectivity index (χ3v) is 3.48. The van der Waals surface area contributed by atoms with Crippen molar-refractivity contribution in [3.8, 4) is 5.75 Å². The third kappa shape index (κ3) is 6.39. The smallest absolute Gasteiger partial charge is 0.344 e. The predicted octanol–water partition coefficient (Wildman–Crippen LogP) is 2.70. The summed E-state index contributed by atoms with van der Waals surface area (Å²) in [4.78, 5) is 29.1. The molecule has 0 saturated carbocycles. The largest absolute Gasteiger partial charge is 0.482 e. The number of aromatic nitrogens is 1. The summed E-state index contributed by atoms with van der Waals surface area (Å²) < 4.78 is 10.1. The molecule has 2 rings (SSSR count). The molecule has 0 spiro atoms. The number of ether oxygens (including phenoxy) is 2. The Kier molecular flexibility index (Phi) is 7.36. The van der Waals surface area contributed by atoms with Crippen molar-refractivity contribution >= 4 is 18.0 Å². The molecular formula is C20H22N2O4. The summed E-state index contributed by atoms with van der Waals surface area (Å²) in [5, 5.41) is 0. The molecule has 1 aromatic heterocycles. The van der Waals surface area contributed by atoms with Gasteiger partial charge in [-0.3, -0.25) is 9.78 Å². The van der Waals surface area contributed by atoms with E-state index in [0.29, 0.717) is 18.9 Å². The van der Waals surface area contributed by atoms with E-state index in [0.717, 1.165) is 11.1 Å². The molecule has 0 radical (unpaired) electrons. The van der Waals surface area contributed by atoms with E-state index in [9.17, 15) is 9.59 Å². The summed E-state index contributed by atoms with van der Waals surface area (Å²) in [6.45, 7) is 2.42. The quantitative estimate of drug-likeness (QED) is 0.538. The third-order valence-electron chi connectivity index (χ3n) is 3.48. The van der Waals surface area contributed by atoms with Crippen LogP contribution in [0, 0.1) is 0 Å². The summed E-state index contributed by atoms with van der Waals surface area (Å²) >= 11 is 0. The lowest BCUT2D eigenvalue weighted by molar-refractivity contribution is -0.145. The molecule has 1 heterocycles. The molecular weight excluding hydrogens is 332 g/mol. The number of nitrogens with zero attached hydrogens (tertiary/aromatic N) is 2. The van der Waals surface area contributed by atoms with Gasteiger partial charge in [-0.25, -0.2) is 4.79 Å². The van der Waals surface area contributed by atoms with E-state index in [4.69, 9.17) is 9.47 Å². The maximum atomic E-state index is 12.2. The van der Waals surface area contributed by atoms with Gasteiger partial charge in [-0.1, -0.05) is 18.2 Å². The van der Waals surface area contributed by atoms with Crippen LogP contribution in [0.15, 0.2) is 54.9 Å². The van der Waals surface area contributed by atoms with Gasteiger partial charge in [0.25, 0.3) is 0 Å². The number of carbonyl (C=O) groups is 2. The van der Waals surface area contributed by atoms with Gasteiger partial charge in [0.1, 0.15) is 5.75 Å². The molecule has 1 amide bonds. The molecule has 0 bridgehead atoms. The first-order chi connectivity index (χ1) is 12.6. The van der Waals surface area contributed by atoms with Crippen molar-refractivity contribution in [1.82, 2.24) is 9.88 Å². The van der Waals surface area contributed by atoms with Crippen LogP contribution in [-0.4, -0.2) is 42.0 Å². The predicted molar refractivity (Wildman–Crippen MR) is 98.3 cm³/mol. The van der Waals surface area contributed by atoms with Gasteiger partial charge in [0.2, 0.25) is 5.91 Å². The number of rotatable bonds is 8. The number of amides is 1. The Balaban J connectivity index is 1.84. The Morgan fingerprint density at radius 2 is 1.96 bits per heavy atom. The molecule has 0 N–H and O–H groups in total. The Hall–Kier alpha value is -3.15. The Labute approximate surface area is 153 Å². The minimum atomic E-state index is -0.401. The van der Waals surface area contributed by atoms with Crippen LogP contribution >= 0.6 is 0 Å². The molecule has 0 saturated heterocycles. The molecule has 0 aliphatic rings. The second kappa shape index (κ2) is 9.98. The van der Waals surface area contributed by atoms with Gasteiger partial charge in [0.05, 0.1) is 6.61 Å². The van der Waals surface area contributed by atoms with Crippen LogP contribution in [0.2, 0.25) is 0 Å². The van der Waals surface area contributed by atoms with Gasteiger partial charge in [-0.2, -0.15) is 0 Å². The molecule has 6 nitrogen and oxygen atoms in total. The number of pyridine rings is 1. The number of likely N-dealkylation sites (N-methyl/N-ethyl adjacent to an activating group) is 1. The Morgan fingerprint density at radius 3 is 2.62 bits per heavy atom. The number of benzene rings is 1. The minimum Gasteiger partial charge on any atom is -0.482 e. The van der Waals surface area contributed by atoms with Gasteiger partial charge in [-0.05, 0) is 42.3 Å². The second-order valence-electron chi connectivity index (χ2n) is 5.55. The standard InChI is InChI=1S/C20H22N2O4/c1-3-25-20(24)15-26-18-9-6-17(7-10-18)14-22(2)19(23)11-8-16-5-4-12-21-13-16/h4-13H,3,14-15H2,1-2H3/b11-8+. The van der Waals surface area contributed by atoms with Gasteiger partial charge in [0, 0.05) is 32.1 Å². The molecule has 0 aliphatic heterocycles. The normalized spacial score (nSPS) is 10.5. The van der Waals surface area contributed by atoms with Gasteiger partial charge in [-0.15, -0.1) is 0 Å².